The smallest absolute Gasteiger partial charge is 0.328 e. The Bertz CT molecular complexity index is 1170. The monoisotopic (exact) mass is 512 g/mol. The molecule has 0 radical (unpaired) electrons. The number of benzene rings is 2. The van der Waals surface area contributed by atoms with Crippen LogP contribution in [-0.2, 0) is 16.4 Å². The highest BCUT2D eigenvalue weighted by Gasteiger charge is 2.21. The first-order valence-corrected chi connectivity index (χ1v) is 13.5. The third-order valence-corrected chi connectivity index (χ3v) is 7.26. The summed E-state index contributed by atoms with van der Waals surface area (Å²) in [5.41, 5.74) is 1.70. The van der Waals surface area contributed by atoms with Crippen molar-refractivity contribution < 1.29 is 22.8 Å². The number of nitrogens with one attached hydrogen (secondary N) is 4. The molecule has 192 valence electrons. The van der Waals surface area contributed by atoms with Crippen LogP contribution >= 0.6 is 0 Å². The van der Waals surface area contributed by atoms with E-state index in [-0.39, 0.29) is 22.8 Å². The molecule has 0 bridgehead atoms. The predicted molar refractivity (Wildman–Crippen MR) is 137 cm³/mol. The van der Waals surface area contributed by atoms with Crippen LogP contribution in [0.3, 0.4) is 0 Å². The van der Waals surface area contributed by atoms with Gasteiger partial charge in [-0.25, -0.2) is 17.9 Å². The van der Waals surface area contributed by atoms with Gasteiger partial charge >= 0.3 is 6.03 Å². The summed E-state index contributed by atoms with van der Waals surface area (Å²) in [7, 11) is -3.98. The second kappa shape index (κ2) is 12.9. The molecule has 0 unspecified atom stereocenters. The molecule has 0 heterocycles. The van der Waals surface area contributed by atoms with Crippen LogP contribution in [0.25, 0.3) is 0 Å². The predicted octanol–water partition coefficient (Wildman–Crippen LogP) is 2.90. The van der Waals surface area contributed by atoms with Crippen LogP contribution in [0.1, 0.15) is 58.4 Å². The Morgan fingerprint density at radius 3 is 2.03 bits per heavy atom. The highest BCUT2D eigenvalue weighted by molar-refractivity contribution is 7.90. The number of hydrogen-bond donors (Lipinski definition) is 4. The molecule has 0 aromatic heterocycles. The van der Waals surface area contributed by atoms with Crippen LogP contribution in [0, 0.1) is 0 Å². The van der Waals surface area contributed by atoms with Crippen LogP contribution in [-0.4, -0.2) is 45.4 Å². The van der Waals surface area contributed by atoms with Crippen molar-refractivity contribution in [1.82, 2.24) is 20.7 Å². The summed E-state index contributed by atoms with van der Waals surface area (Å²) in [6.07, 6.45) is 6.98. The number of carbonyl (C=O) groups is 3. The van der Waals surface area contributed by atoms with E-state index in [9.17, 15) is 22.8 Å². The van der Waals surface area contributed by atoms with Crippen LogP contribution in [0.2, 0.25) is 0 Å². The van der Waals surface area contributed by atoms with Gasteiger partial charge in [0.2, 0.25) is 0 Å². The third-order valence-electron chi connectivity index (χ3n) is 5.92. The third kappa shape index (κ3) is 7.94. The van der Waals surface area contributed by atoms with Crippen LogP contribution in [0.5, 0.6) is 0 Å². The number of sulfonamides is 1. The topological polar surface area (TPSA) is 133 Å². The van der Waals surface area contributed by atoms with E-state index in [4.69, 9.17) is 0 Å². The molecular weight excluding hydrogens is 480 g/mol. The Hall–Kier alpha value is -3.66. The number of urea groups is 1. The lowest BCUT2D eigenvalue weighted by molar-refractivity contribution is 0.0944. The van der Waals surface area contributed by atoms with Crippen LogP contribution < -0.4 is 20.7 Å². The summed E-state index contributed by atoms with van der Waals surface area (Å²) in [4.78, 5) is 36.4. The first-order valence-electron chi connectivity index (χ1n) is 12.0. The zero-order chi connectivity index (χ0) is 26.0. The van der Waals surface area contributed by atoms with Gasteiger partial charge in [-0.15, -0.1) is 6.58 Å². The Labute approximate surface area is 211 Å². The van der Waals surface area contributed by atoms with E-state index in [1.807, 2.05) is 0 Å². The summed E-state index contributed by atoms with van der Waals surface area (Å²) < 4.78 is 27.1. The minimum Gasteiger partial charge on any atom is -0.352 e. The largest absolute Gasteiger partial charge is 0.352 e. The first kappa shape index (κ1) is 26.9. The molecule has 1 fully saturated rings. The average molecular weight is 513 g/mol. The summed E-state index contributed by atoms with van der Waals surface area (Å²) in [5.74, 6) is -0.521. The van der Waals surface area contributed by atoms with Gasteiger partial charge in [-0.1, -0.05) is 37.5 Å². The van der Waals surface area contributed by atoms with Gasteiger partial charge in [-0.3, -0.25) is 9.59 Å². The van der Waals surface area contributed by atoms with Gasteiger partial charge in [0.25, 0.3) is 21.8 Å². The summed E-state index contributed by atoms with van der Waals surface area (Å²) in [6.45, 7) is 4.25. The van der Waals surface area contributed by atoms with E-state index in [0.717, 1.165) is 37.7 Å². The van der Waals surface area contributed by atoms with Crippen molar-refractivity contribution in [2.45, 2.75) is 49.5 Å². The second-order valence-corrected chi connectivity index (χ2v) is 10.3. The highest BCUT2D eigenvalue weighted by Crippen LogP contribution is 2.17. The van der Waals surface area contributed by atoms with Crippen LogP contribution in [0.4, 0.5) is 4.79 Å². The van der Waals surface area contributed by atoms with E-state index in [2.05, 4.69) is 27.3 Å². The summed E-state index contributed by atoms with van der Waals surface area (Å²) in [5, 5.41) is 8.21. The molecule has 0 aliphatic heterocycles. The SMILES string of the molecule is C=CCNC(=O)c1ccc(C(=O)NCCc2ccc(S(=O)(=O)NC(=O)NC3CCCCC3)cc2)cc1. The molecule has 2 aromatic carbocycles. The standard InChI is InChI=1S/C26H32N4O5S/c1-2-17-27-24(31)20-10-12-21(13-11-20)25(32)28-18-16-19-8-14-23(15-9-19)36(34,35)30-26(33)29-22-6-4-3-5-7-22/h2,8-15,22H,1,3-7,16-18H2,(H,27,31)(H,28,32)(H2,29,30,33). The summed E-state index contributed by atoms with van der Waals surface area (Å²) >= 11 is 0. The lowest BCUT2D eigenvalue weighted by Crippen LogP contribution is -2.45. The minimum atomic E-state index is -3.98. The van der Waals surface area contributed by atoms with Crippen molar-refractivity contribution in [2.24, 2.45) is 0 Å². The van der Waals surface area contributed by atoms with Crippen molar-refractivity contribution in [3.05, 3.63) is 77.9 Å². The average Bonchev–Trinajstić information content (AvgIpc) is 2.88. The van der Waals surface area contributed by atoms with Gasteiger partial charge < -0.3 is 16.0 Å². The quantitative estimate of drug-likeness (QED) is 0.363. The maximum absolute atomic E-state index is 12.5. The molecule has 1 aliphatic carbocycles. The lowest BCUT2D eigenvalue weighted by Gasteiger charge is -2.22. The Kier molecular flexibility index (Phi) is 9.63. The van der Waals surface area contributed by atoms with Crippen molar-refractivity contribution in [3.63, 3.8) is 0 Å². The van der Waals surface area contributed by atoms with Gasteiger partial charge in [0, 0.05) is 30.3 Å². The molecule has 10 heteroatoms. The van der Waals surface area contributed by atoms with Gasteiger partial charge in [0.15, 0.2) is 0 Å². The van der Waals surface area contributed by atoms with Crippen molar-refractivity contribution >= 4 is 27.9 Å². The molecule has 9 nitrogen and oxygen atoms in total. The Balaban J connectivity index is 1.46. The van der Waals surface area contributed by atoms with Crippen molar-refractivity contribution in [1.29, 1.82) is 0 Å². The maximum atomic E-state index is 12.5. The molecule has 1 saturated carbocycles. The maximum Gasteiger partial charge on any atom is 0.328 e. The van der Waals surface area contributed by atoms with E-state index in [0.29, 0.717) is 30.6 Å². The minimum absolute atomic E-state index is 0.00584. The zero-order valence-electron chi connectivity index (χ0n) is 20.1. The Morgan fingerprint density at radius 2 is 1.44 bits per heavy atom. The molecule has 36 heavy (non-hydrogen) atoms. The molecule has 0 saturated heterocycles. The van der Waals surface area contributed by atoms with E-state index in [1.54, 1.807) is 42.5 Å². The fourth-order valence-corrected chi connectivity index (χ4v) is 4.86. The fraction of sp³-hybridized carbons (Fsp3) is 0.346. The molecule has 4 N–H and O–H groups in total. The van der Waals surface area contributed by atoms with E-state index < -0.39 is 16.1 Å². The molecular formula is C26H32N4O5S. The molecule has 1 aliphatic rings. The first-order chi connectivity index (χ1) is 17.3. The normalized spacial score (nSPS) is 13.9. The molecule has 0 spiro atoms. The second-order valence-electron chi connectivity index (χ2n) is 8.64. The van der Waals surface area contributed by atoms with Gasteiger partial charge in [0.1, 0.15) is 0 Å². The number of hydrogen-bond acceptors (Lipinski definition) is 5. The Morgan fingerprint density at radius 1 is 0.861 bits per heavy atom. The number of amides is 4. The lowest BCUT2D eigenvalue weighted by atomic mass is 9.96. The van der Waals surface area contributed by atoms with E-state index >= 15 is 0 Å². The molecule has 4 amide bonds. The van der Waals surface area contributed by atoms with Crippen molar-refractivity contribution in [3.8, 4) is 0 Å². The van der Waals surface area contributed by atoms with E-state index in [1.165, 1.54) is 12.1 Å². The molecule has 2 aromatic rings. The van der Waals surface area contributed by atoms with Crippen molar-refractivity contribution in [2.75, 3.05) is 13.1 Å². The zero-order valence-corrected chi connectivity index (χ0v) is 20.9. The van der Waals surface area contributed by atoms with Crippen LogP contribution in [0.15, 0.2) is 66.1 Å². The van der Waals surface area contributed by atoms with Gasteiger partial charge in [0.05, 0.1) is 4.90 Å². The molecule has 3 rings (SSSR count). The fourth-order valence-electron chi connectivity index (χ4n) is 3.94. The van der Waals surface area contributed by atoms with Gasteiger partial charge in [-0.2, -0.15) is 0 Å². The van der Waals surface area contributed by atoms with Gasteiger partial charge in [-0.05, 0) is 61.2 Å². The molecule has 0 atom stereocenters. The summed E-state index contributed by atoms with van der Waals surface area (Å²) in [6, 6.07) is 11.8. The number of rotatable bonds is 10. The number of carbonyl (C=O) groups excluding carboxylic acids is 3. The highest BCUT2D eigenvalue weighted by atomic mass is 32.2.